The number of benzene rings is 1. The summed E-state index contributed by atoms with van der Waals surface area (Å²) in [4.78, 5) is 11.3. The van der Waals surface area contributed by atoms with Gasteiger partial charge in [0.25, 0.3) is 5.82 Å². The quantitative estimate of drug-likeness (QED) is 0.778. The van der Waals surface area contributed by atoms with E-state index in [2.05, 4.69) is 15.3 Å². The molecule has 3 rings (SSSR count). The number of carbonyl (C=O) groups is 1. The summed E-state index contributed by atoms with van der Waals surface area (Å²) in [5.74, 6) is -1.38. The van der Waals surface area contributed by atoms with Crippen LogP contribution in [0.5, 0.6) is 0 Å². The first-order chi connectivity index (χ1) is 8.66. The average molecular weight is 281 g/mol. The van der Waals surface area contributed by atoms with E-state index >= 15 is 0 Å². The normalized spacial score (nSPS) is 10.9. The zero-order chi connectivity index (χ0) is 12.7. The van der Waals surface area contributed by atoms with Crippen LogP contribution in [0, 0.1) is 0 Å². The van der Waals surface area contributed by atoms with Crippen LogP contribution < -0.4 is 0 Å². The molecule has 0 atom stereocenters. The van der Waals surface area contributed by atoms with Gasteiger partial charge >= 0.3 is 5.97 Å². The smallest absolute Gasteiger partial charge is 0.375 e. The van der Waals surface area contributed by atoms with Gasteiger partial charge in [0.05, 0.1) is 5.02 Å². The number of carboxylic acids is 1. The van der Waals surface area contributed by atoms with Gasteiger partial charge in [0.2, 0.25) is 4.96 Å². The van der Waals surface area contributed by atoms with Gasteiger partial charge in [-0.3, -0.25) is 0 Å². The lowest BCUT2D eigenvalue weighted by Crippen LogP contribution is -2.04. The van der Waals surface area contributed by atoms with Crippen LogP contribution in [0.1, 0.15) is 10.6 Å². The molecule has 0 radical (unpaired) electrons. The van der Waals surface area contributed by atoms with E-state index in [-0.39, 0.29) is 5.82 Å². The Labute approximate surface area is 109 Å². The van der Waals surface area contributed by atoms with Gasteiger partial charge in [-0.05, 0) is 6.07 Å². The number of nitrogens with zero attached hydrogens (tertiary/aromatic N) is 4. The van der Waals surface area contributed by atoms with Crippen molar-refractivity contribution < 1.29 is 9.90 Å². The predicted molar refractivity (Wildman–Crippen MR) is 66.1 cm³/mol. The maximum absolute atomic E-state index is 10.9. The molecule has 2 heterocycles. The highest BCUT2D eigenvalue weighted by Crippen LogP contribution is 2.30. The Morgan fingerprint density at radius 2 is 2.11 bits per heavy atom. The minimum Gasteiger partial charge on any atom is -0.475 e. The fourth-order valence-electron chi connectivity index (χ4n) is 1.49. The lowest BCUT2D eigenvalue weighted by Gasteiger charge is -1.97. The second kappa shape index (κ2) is 4.04. The van der Waals surface area contributed by atoms with Crippen LogP contribution >= 0.6 is 22.9 Å². The molecule has 0 saturated heterocycles. The van der Waals surface area contributed by atoms with Crippen LogP contribution in [0.4, 0.5) is 0 Å². The zero-order valence-electron chi connectivity index (χ0n) is 8.74. The Morgan fingerprint density at radius 3 is 2.83 bits per heavy atom. The van der Waals surface area contributed by atoms with Crippen molar-refractivity contribution in [2.24, 2.45) is 0 Å². The first-order valence-corrected chi connectivity index (χ1v) is 6.06. The fraction of sp³-hybridized carbons (Fsp3) is 0. The molecule has 90 valence electrons. The highest BCUT2D eigenvalue weighted by molar-refractivity contribution is 7.19. The number of rotatable bonds is 2. The standard InChI is InChI=1S/C10H5ClN4O2S/c11-6-4-2-1-3-5(6)8-14-15-7(9(16)17)12-13-10(15)18-8/h1-4H,(H,16,17). The van der Waals surface area contributed by atoms with E-state index in [1.807, 2.05) is 18.2 Å². The summed E-state index contributed by atoms with van der Waals surface area (Å²) in [6, 6.07) is 7.21. The van der Waals surface area contributed by atoms with Gasteiger partial charge in [-0.2, -0.15) is 9.61 Å². The summed E-state index contributed by atoms with van der Waals surface area (Å²) in [6.45, 7) is 0. The van der Waals surface area contributed by atoms with Gasteiger partial charge in [-0.1, -0.05) is 41.1 Å². The third-order valence-electron chi connectivity index (χ3n) is 2.29. The molecule has 0 saturated carbocycles. The molecule has 0 aliphatic rings. The second-order valence-electron chi connectivity index (χ2n) is 3.41. The van der Waals surface area contributed by atoms with E-state index in [4.69, 9.17) is 16.7 Å². The SMILES string of the molecule is O=C(O)c1nnc2sc(-c3ccccc3Cl)nn12. The van der Waals surface area contributed by atoms with Crippen molar-refractivity contribution in [2.75, 3.05) is 0 Å². The Balaban J connectivity index is 2.20. The van der Waals surface area contributed by atoms with Gasteiger partial charge in [0, 0.05) is 5.56 Å². The molecular formula is C10H5ClN4O2S. The summed E-state index contributed by atoms with van der Waals surface area (Å²) >= 11 is 7.29. The molecule has 18 heavy (non-hydrogen) atoms. The lowest BCUT2D eigenvalue weighted by molar-refractivity contribution is 0.0680. The number of aromatic nitrogens is 4. The Bertz CT molecular complexity index is 751. The molecule has 0 aliphatic carbocycles. The van der Waals surface area contributed by atoms with Crippen molar-refractivity contribution in [3.63, 3.8) is 0 Å². The monoisotopic (exact) mass is 280 g/mol. The molecule has 6 nitrogen and oxygen atoms in total. The number of aromatic carboxylic acids is 1. The van der Waals surface area contributed by atoms with Crippen molar-refractivity contribution in [1.29, 1.82) is 0 Å². The first kappa shape index (κ1) is 11.1. The summed E-state index contributed by atoms with van der Waals surface area (Å²) in [7, 11) is 0. The maximum atomic E-state index is 10.9. The molecule has 2 aromatic heterocycles. The Morgan fingerprint density at radius 1 is 1.33 bits per heavy atom. The van der Waals surface area contributed by atoms with Crippen molar-refractivity contribution in [3.05, 3.63) is 35.1 Å². The van der Waals surface area contributed by atoms with Gasteiger partial charge in [0.1, 0.15) is 5.01 Å². The van der Waals surface area contributed by atoms with Crippen molar-refractivity contribution in [3.8, 4) is 10.6 Å². The molecule has 0 bridgehead atoms. The molecule has 8 heteroatoms. The van der Waals surface area contributed by atoms with Crippen LogP contribution in [0.2, 0.25) is 5.02 Å². The van der Waals surface area contributed by atoms with E-state index in [0.717, 1.165) is 5.56 Å². The third kappa shape index (κ3) is 1.64. The minimum absolute atomic E-state index is 0.209. The molecule has 3 aromatic rings. The van der Waals surface area contributed by atoms with Crippen LogP contribution in [-0.4, -0.2) is 30.9 Å². The summed E-state index contributed by atoms with van der Waals surface area (Å²) in [6.07, 6.45) is 0. The molecule has 0 unspecified atom stereocenters. The van der Waals surface area contributed by atoms with Gasteiger partial charge in [0.15, 0.2) is 0 Å². The number of carboxylic acid groups (broad SMARTS) is 1. The number of hydrogen-bond acceptors (Lipinski definition) is 5. The summed E-state index contributed by atoms with van der Waals surface area (Å²) in [5, 5.41) is 21.6. The average Bonchev–Trinajstić information content (AvgIpc) is 2.88. The highest BCUT2D eigenvalue weighted by atomic mass is 35.5. The van der Waals surface area contributed by atoms with Crippen LogP contribution in [0.15, 0.2) is 24.3 Å². The van der Waals surface area contributed by atoms with E-state index in [1.54, 1.807) is 6.07 Å². The Hall–Kier alpha value is -1.99. The third-order valence-corrected chi connectivity index (χ3v) is 3.55. The van der Waals surface area contributed by atoms with E-state index in [0.29, 0.717) is 15.0 Å². The molecule has 1 aromatic carbocycles. The van der Waals surface area contributed by atoms with Crippen molar-refractivity contribution in [2.45, 2.75) is 0 Å². The Kier molecular flexibility index (Phi) is 2.49. The van der Waals surface area contributed by atoms with Crippen LogP contribution in [-0.2, 0) is 0 Å². The predicted octanol–water partition coefficient (Wildman–Crippen LogP) is 2.20. The van der Waals surface area contributed by atoms with E-state index < -0.39 is 5.97 Å². The molecule has 0 spiro atoms. The lowest BCUT2D eigenvalue weighted by atomic mass is 10.2. The second-order valence-corrected chi connectivity index (χ2v) is 4.77. The van der Waals surface area contributed by atoms with Gasteiger partial charge < -0.3 is 5.11 Å². The summed E-state index contributed by atoms with van der Waals surface area (Å²) in [5.41, 5.74) is 0.742. The van der Waals surface area contributed by atoms with Gasteiger partial charge in [-0.15, -0.1) is 10.2 Å². The van der Waals surface area contributed by atoms with Gasteiger partial charge in [-0.25, -0.2) is 4.79 Å². The van der Waals surface area contributed by atoms with Crippen molar-refractivity contribution >= 4 is 33.9 Å². The number of hydrogen-bond donors (Lipinski definition) is 1. The fourth-order valence-corrected chi connectivity index (χ4v) is 2.65. The molecule has 0 aliphatic heterocycles. The molecular weight excluding hydrogens is 276 g/mol. The van der Waals surface area contributed by atoms with E-state index in [9.17, 15) is 4.79 Å². The first-order valence-electron chi connectivity index (χ1n) is 4.87. The maximum Gasteiger partial charge on any atom is 0.375 e. The largest absolute Gasteiger partial charge is 0.475 e. The number of halogens is 1. The molecule has 1 N–H and O–H groups in total. The topological polar surface area (TPSA) is 80.4 Å². The molecule has 0 amide bonds. The van der Waals surface area contributed by atoms with E-state index in [1.165, 1.54) is 15.9 Å². The zero-order valence-corrected chi connectivity index (χ0v) is 10.3. The minimum atomic E-state index is -1.17. The highest BCUT2D eigenvalue weighted by Gasteiger charge is 2.18. The number of fused-ring (bicyclic) bond motifs is 1. The van der Waals surface area contributed by atoms with Crippen LogP contribution in [0.3, 0.4) is 0 Å². The summed E-state index contributed by atoms with van der Waals surface area (Å²) < 4.78 is 1.20. The van der Waals surface area contributed by atoms with Crippen LogP contribution in [0.25, 0.3) is 15.5 Å². The molecule has 0 fully saturated rings. The van der Waals surface area contributed by atoms with Crippen molar-refractivity contribution in [1.82, 2.24) is 19.8 Å².